The fourth-order valence-corrected chi connectivity index (χ4v) is 4.02. The van der Waals surface area contributed by atoms with Crippen LogP contribution in [0.2, 0.25) is 0 Å². The summed E-state index contributed by atoms with van der Waals surface area (Å²) in [5, 5.41) is 0.902. The molecule has 140 valence electrons. The highest BCUT2D eigenvalue weighted by Gasteiger charge is 2.16. The lowest BCUT2D eigenvalue weighted by molar-refractivity contribution is 0.307. The lowest BCUT2D eigenvalue weighted by atomic mass is 10.2. The summed E-state index contributed by atoms with van der Waals surface area (Å²) in [7, 11) is 1.64. The number of aromatic nitrogens is 2. The standard InChI is InChI=1S/C22H18N2O3S/c1-14-11-24-12-18(23-22(24)28-14)21-10-17-19(8-16(25-2)9-20(17)27-21)26-13-15-6-4-3-5-7-15/h3-12H,13H2,1-2H3. The van der Waals surface area contributed by atoms with Gasteiger partial charge < -0.3 is 13.9 Å². The van der Waals surface area contributed by atoms with Crippen LogP contribution in [0.5, 0.6) is 11.5 Å². The van der Waals surface area contributed by atoms with Crippen molar-refractivity contribution in [3.05, 3.63) is 71.4 Å². The van der Waals surface area contributed by atoms with E-state index in [1.807, 2.05) is 59.1 Å². The third kappa shape index (κ3) is 3.01. The summed E-state index contributed by atoms with van der Waals surface area (Å²) in [5.41, 5.74) is 2.62. The van der Waals surface area contributed by atoms with E-state index in [1.165, 1.54) is 4.88 Å². The second-order valence-corrected chi connectivity index (χ2v) is 7.79. The van der Waals surface area contributed by atoms with Crippen LogP contribution in [0.4, 0.5) is 0 Å². The van der Waals surface area contributed by atoms with Gasteiger partial charge in [-0.15, -0.1) is 11.3 Å². The maximum absolute atomic E-state index is 6.09. The second-order valence-electron chi connectivity index (χ2n) is 6.58. The van der Waals surface area contributed by atoms with Crippen molar-refractivity contribution < 1.29 is 13.9 Å². The van der Waals surface area contributed by atoms with E-state index in [0.717, 1.165) is 27.4 Å². The lowest BCUT2D eigenvalue weighted by Gasteiger charge is -2.09. The van der Waals surface area contributed by atoms with Crippen LogP contribution < -0.4 is 9.47 Å². The minimum absolute atomic E-state index is 0.475. The fraction of sp³-hybridized carbons (Fsp3) is 0.136. The average Bonchev–Trinajstić information content (AvgIpc) is 3.38. The highest BCUT2D eigenvalue weighted by molar-refractivity contribution is 7.17. The molecule has 0 amide bonds. The van der Waals surface area contributed by atoms with Gasteiger partial charge in [0, 0.05) is 29.4 Å². The Morgan fingerprint density at radius 3 is 2.75 bits per heavy atom. The number of imidazole rings is 1. The monoisotopic (exact) mass is 390 g/mol. The zero-order valence-electron chi connectivity index (χ0n) is 15.5. The predicted octanol–water partition coefficient (Wildman–Crippen LogP) is 5.71. The Labute approximate surface area is 165 Å². The summed E-state index contributed by atoms with van der Waals surface area (Å²) in [5.74, 6) is 2.13. The molecule has 5 rings (SSSR count). The zero-order chi connectivity index (χ0) is 19.1. The summed E-state index contributed by atoms with van der Waals surface area (Å²) in [6.07, 6.45) is 4.05. The molecule has 0 fully saturated rings. The molecule has 0 unspecified atom stereocenters. The summed E-state index contributed by atoms with van der Waals surface area (Å²) < 4.78 is 19.6. The molecule has 0 radical (unpaired) electrons. The molecule has 6 heteroatoms. The largest absolute Gasteiger partial charge is 0.496 e. The Morgan fingerprint density at radius 2 is 1.96 bits per heavy atom. The molecule has 28 heavy (non-hydrogen) atoms. The molecule has 0 spiro atoms. The molecule has 0 aliphatic heterocycles. The van der Waals surface area contributed by atoms with Crippen LogP contribution in [0, 0.1) is 6.92 Å². The predicted molar refractivity (Wildman–Crippen MR) is 110 cm³/mol. The van der Waals surface area contributed by atoms with Crippen molar-refractivity contribution in [2.75, 3.05) is 7.11 Å². The van der Waals surface area contributed by atoms with Gasteiger partial charge in [0.1, 0.15) is 29.4 Å². The van der Waals surface area contributed by atoms with Crippen molar-refractivity contribution in [2.45, 2.75) is 13.5 Å². The molecule has 5 aromatic rings. The number of aryl methyl sites for hydroxylation is 1. The van der Waals surface area contributed by atoms with Crippen LogP contribution >= 0.6 is 11.3 Å². The van der Waals surface area contributed by atoms with Crippen LogP contribution in [-0.2, 0) is 6.61 Å². The first kappa shape index (κ1) is 16.9. The molecule has 5 nitrogen and oxygen atoms in total. The highest BCUT2D eigenvalue weighted by Crippen LogP contribution is 2.37. The van der Waals surface area contributed by atoms with Crippen molar-refractivity contribution >= 4 is 27.3 Å². The van der Waals surface area contributed by atoms with Crippen molar-refractivity contribution in [2.24, 2.45) is 0 Å². The molecule has 0 saturated carbocycles. The SMILES string of the molecule is COc1cc(OCc2ccccc2)c2cc(-c3cn4cc(C)sc4n3)oc2c1. The number of rotatable bonds is 5. The Kier molecular flexibility index (Phi) is 4.06. The van der Waals surface area contributed by atoms with Gasteiger partial charge in [0.15, 0.2) is 10.7 Å². The van der Waals surface area contributed by atoms with Crippen LogP contribution in [0.1, 0.15) is 10.4 Å². The molecular formula is C22H18N2O3S. The van der Waals surface area contributed by atoms with E-state index in [1.54, 1.807) is 18.4 Å². The molecular weight excluding hydrogens is 372 g/mol. The van der Waals surface area contributed by atoms with Gasteiger partial charge in [0.25, 0.3) is 0 Å². The number of methoxy groups -OCH3 is 1. The Morgan fingerprint density at radius 1 is 1.11 bits per heavy atom. The first-order valence-electron chi connectivity index (χ1n) is 8.93. The Balaban J connectivity index is 1.54. The van der Waals surface area contributed by atoms with E-state index in [-0.39, 0.29) is 0 Å². The molecule has 0 N–H and O–H groups in total. The van der Waals surface area contributed by atoms with Crippen molar-refractivity contribution in [1.29, 1.82) is 0 Å². The van der Waals surface area contributed by atoms with Gasteiger partial charge >= 0.3 is 0 Å². The van der Waals surface area contributed by atoms with E-state index in [4.69, 9.17) is 13.9 Å². The summed E-state index contributed by atoms with van der Waals surface area (Å²) >= 11 is 1.65. The normalized spacial score (nSPS) is 11.4. The number of furan rings is 1. The number of ether oxygens (including phenoxy) is 2. The molecule has 3 aromatic heterocycles. The maximum Gasteiger partial charge on any atom is 0.194 e. The van der Waals surface area contributed by atoms with E-state index >= 15 is 0 Å². The maximum atomic E-state index is 6.09. The van der Waals surface area contributed by atoms with Crippen molar-refractivity contribution in [1.82, 2.24) is 9.38 Å². The fourth-order valence-electron chi connectivity index (χ4n) is 3.21. The number of benzene rings is 2. The van der Waals surface area contributed by atoms with Gasteiger partial charge in [-0.2, -0.15) is 0 Å². The molecule has 0 saturated heterocycles. The van der Waals surface area contributed by atoms with Gasteiger partial charge in [-0.1, -0.05) is 30.3 Å². The van der Waals surface area contributed by atoms with Crippen LogP contribution in [0.3, 0.4) is 0 Å². The van der Waals surface area contributed by atoms with Gasteiger partial charge in [0.05, 0.1) is 12.5 Å². The van der Waals surface area contributed by atoms with Crippen molar-refractivity contribution in [3.8, 4) is 23.0 Å². The van der Waals surface area contributed by atoms with Crippen LogP contribution in [-0.4, -0.2) is 16.5 Å². The third-order valence-electron chi connectivity index (χ3n) is 4.57. The highest BCUT2D eigenvalue weighted by atomic mass is 32.1. The van der Waals surface area contributed by atoms with E-state index < -0.39 is 0 Å². The molecule has 2 aromatic carbocycles. The molecule has 0 aliphatic rings. The smallest absolute Gasteiger partial charge is 0.194 e. The summed E-state index contributed by atoms with van der Waals surface area (Å²) in [6, 6.07) is 15.8. The van der Waals surface area contributed by atoms with E-state index in [2.05, 4.69) is 18.1 Å². The molecule has 3 heterocycles. The van der Waals surface area contributed by atoms with Gasteiger partial charge in [-0.3, -0.25) is 4.40 Å². The third-order valence-corrected chi connectivity index (χ3v) is 5.48. The zero-order valence-corrected chi connectivity index (χ0v) is 16.3. The molecule has 0 bridgehead atoms. The van der Waals surface area contributed by atoms with E-state index in [9.17, 15) is 0 Å². The van der Waals surface area contributed by atoms with Gasteiger partial charge in [-0.25, -0.2) is 4.98 Å². The Hall–Kier alpha value is -3.25. The number of fused-ring (bicyclic) bond motifs is 2. The molecule has 0 aliphatic carbocycles. The van der Waals surface area contributed by atoms with Crippen LogP contribution in [0.15, 0.2) is 65.3 Å². The van der Waals surface area contributed by atoms with E-state index in [0.29, 0.717) is 23.7 Å². The Bertz CT molecular complexity index is 1240. The average molecular weight is 390 g/mol. The number of hydrogen-bond donors (Lipinski definition) is 0. The van der Waals surface area contributed by atoms with Gasteiger partial charge in [0.2, 0.25) is 0 Å². The quantitative estimate of drug-likeness (QED) is 0.386. The minimum atomic E-state index is 0.475. The topological polar surface area (TPSA) is 48.9 Å². The number of nitrogens with zero attached hydrogens (tertiary/aromatic N) is 2. The first-order valence-corrected chi connectivity index (χ1v) is 9.75. The van der Waals surface area contributed by atoms with Crippen molar-refractivity contribution in [3.63, 3.8) is 0 Å². The van der Waals surface area contributed by atoms with Crippen LogP contribution in [0.25, 0.3) is 27.4 Å². The summed E-state index contributed by atoms with van der Waals surface area (Å²) in [6.45, 7) is 2.55. The minimum Gasteiger partial charge on any atom is -0.496 e. The lowest BCUT2D eigenvalue weighted by Crippen LogP contribution is -1.96. The summed E-state index contributed by atoms with van der Waals surface area (Å²) in [4.78, 5) is 6.85. The molecule has 0 atom stereocenters. The number of thiazole rings is 1. The number of hydrogen-bond acceptors (Lipinski definition) is 5. The van der Waals surface area contributed by atoms with Gasteiger partial charge in [-0.05, 0) is 18.6 Å². The second kappa shape index (κ2) is 6.73. The first-order chi connectivity index (χ1) is 13.7.